The van der Waals surface area contributed by atoms with Crippen molar-refractivity contribution in [2.45, 2.75) is 29.9 Å². The molecule has 0 aliphatic heterocycles. The van der Waals surface area contributed by atoms with E-state index in [4.69, 9.17) is 17.3 Å². The van der Waals surface area contributed by atoms with Crippen LogP contribution in [0.2, 0.25) is 4.34 Å². The van der Waals surface area contributed by atoms with Crippen LogP contribution in [-0.2, 0) is 0 Å². The molecule has 2 N–H and O–H groups in total. The Labute approximate surface area is 128 Å². The molecule has 1 atom stereocenters. The molecule has 4 heteroatoms. The Morgan fingerprint density at radius 3 is 2.32 bits per heavy atom. The van der Waals surface area contributed by atoms with Crippen molar-refractivity contribution in [2.24, 2.45) is 5.73 Å². The average Bonchev–Trinajstić information content (AvgIpc) is 2.83. The molecule has 0 aliphatic rings. The van der Waals surface area contributed by atoms with Crippen LogP contribution >= 0.6 is 34.7 Å². The van der Waals surface area contributed by atoms with Gasteiger partial charge in [-0.3, -0.25) is 0 Å². The maximum Gasteiger partial charge on any atom is 0.0931 e. The third kappa shape index (κ3) is 3.99. The molecule has 2 aromatic rings. The Hall–Kier alpha value is -0.480. The second-order valence-corrected chi connectivity index (χ2v) is 7.73. The summed E-state index contributed by atoms with van der Waals surface area (Å²) < 4.78 is 0.823. The largest absolute Gasteiger partial charge is 0.329 e. The smallest absolute Gasteiger partial charge is 0.0931 e. The average molecular weight is 312 g/mol. The number of benzene rings is 1. The van der Waals surface area contributed by atoms with E-state index in [1.807, 2.05) is 6.07 Å². The number of hydrogen-bond donors (Lipinski definition) is 1. The normalized spacial score (nSPS) is 12.9. The van der Waals surface area contributed by atoms with Gasteiger partial charge >= 0.3 is 0 Å². The molecule has 1 aromatic carbocycles. The minimum absolute atomic E-state index is 0.280. The van der Waals surface area contributed by atoms with E-state index in [2.05, 4.69) is 44.2 Å². The SMILES string of the molecule is CC(C)c1ccc(SC(CN)c2ccc(Cl)s2)cc1. The molecule has 2 rings (SSSR count). The van der Waals surface area contributed by atoms with Gasteiger partial charge in [-0.15, -0.1) is 23.1 Å². The summed E-state index contributed by atoms with van der Waals surface area (Å²) in [6.07, 6.45) is 0. The van der Waals surface area contributed by atoms with Crippen LogP contribution in [0.4, 0.5) is 0 Å². The van der Waals surface area contributed by atoms with Gasteiger partial charge < -0.3 is 5.73 Å². The van der Waals surface area contributed by atoms with Gasteiger partial charge in [-0.05, 0) is 35.7 Å². The molecule has 0 radical (unpaired) electrons. The Morgan fingerprint density at radius 1 is 1.16 bits per heavy atom. The van der Waals surface area contributed by atoms with Crippen LogP contribution in [0.3, 0.4) is 0 Å². The lowest BCUT2D eigenvalue weighted by atomic mass is 10.0. The number of thioether (sulfide) groups is 1. The molecule has 0 bridgehead atoms. The molecule has 0 saturated carbocycles. The van der Waals surface area contributed by atoms with E-state index in [1.165, 1.54) is 15.3 Å². The Kier molecular flexibility index (Phi) is 5.34. The summed E-state index contributed by atoms with van der Waals surface area (Å²) in [6, 6.07) is 12.8. The first-order valence-electron chi connectivity index (χ1n) is 6.32. The molecule has 102 valence electrons. The van der Waals surface area contributed by atoms with E-state index >= 15 is 0 Å². The molecule has 0 aliphatic carbocycles. The maximum absolute atomic E-state index is 5.99. The fourth-order valence-corrected chi connectivity index (χ4v) is 4.08. The van der Waals surface area contributed by atoms with Crippen molar-refractivity contribution < 1.29 is 0 Å². The molecule has 1 aromatic heterocycles. The molecule has 0 saturated heterocycles. The van der Waals surface area contributed by atoms with Gasteiger partial charge in [-0.1, -0.05) is 37.6 Å². The lowest BCUT2D eigenvalue weighted by Gasteiger charge is -2.13. The van der Waals surface area contributed by atoms with Gasteiger partial charge in [0.15, 0.2) is 0 Å². The predicted octanol–water partition coefficient (Wildman–Crippen LogP) is 5.32. The van der Waals surface area contributed by atoms with Gasteiger partial charge in [0.05, 0.1) is 9.59 Å². The van der Waals surface area contributed by atoms with Crippen molar-refractivity contribution in [3.05, 3.63) is 51.2 Å². The number of hydrogen-bond acceptors (Lipinski definition) is 3. The highest BCUT2D eigenvalue weighted by atomic mass is 35.5. The summed E-state index contributed by atoms with van der Waals surface area (Å²) in [5.41, 5.74) is 7.25. The summed E-state index contributed by atoms with van der Waals surface area (Å²) in [5, 5.41) is 0.280. The monoisotopic (exact) mass is 311 g/mol. The van der Waals surface area contributed by atoms with Gasteiger partial charge in [-0.25, -0.2) is 0 Å². The highest BCUT2D eigenvalue weighted by Crippen LogP contribution is 2.39. The summed E-state index contributed by atoms with van der Waals surface area (Å²) >= 11 is 9.40. The van der Waals surface area contributed by atoms with Crippen LogP contribution in [0.15, 0.2) is 41.3 Å². The highest BCUT2D eigenvalue weighted by Gasteiger charge is 2.13. The lowest BCUT2D eigenvalue weighted by molar-refractivity contribution is 0.864. The van der Waals surface area contributed by atoms with Gasteiger partial charge in [0.2, 0.25) is 0 Å². The lowest BCUT2D eigenvalue weighted by Crippen LogP contribution is -2.07. The quantitative estimate of drug-likeness (QED) is 0.756. The molecule has 19 heavy (non-hydrogen) atoms. The van der Waals surface area contributed by atoms with E-state index in [9.17, 15) is 0 Å². The number of halogens is 1. The van der Waals surface area contributed by atoms with Crippen molar-refractivity contribution in [2.75, 3.05) is 6.54 Å². The van der Waals surface area contributed by atoms with E-state index in [-0.39, 0.29) is 5.25 Å². The first-order chi connectivity index (χ1) is 9.10. The predicted molar refractivity (Wildman–Crippen MR) is 87.5 cm³/mol. The van der Waals surface area contributed by atoms with Gasteiger partial charge in [-0.2, -0.15) is 0 Å². The van der Waals surface area contributed by atoms with Gasteiger partial charge in [0.1, 0.15) is 0 Å². The maximum atomic E-state index is 5.99. The fraction of sp³-hybridized carbons (Fsp3) is 0.333. The molecular formula is C15H18ClNS2. The zero-order chi connectivity index (χ0) is 13.8. The summed E-state index contributed by atoms with van der Waals surface area (Å²) in [5.74, 6) is 0.570. The second-order valence-electron chi connectivity index (χ2n) is 4.71. The Morgan fingerprint density at radius 2 is 1.84 bits per heavy atom. The van der Waals surface area contributed by atoms with Crippen LogP contribution in [-0.4, -0.2) is 6.54 Å². The first-order valence-corrected chi connectivity index (χ1v) is 8.39. The van der Waals surface area contributed by atoms with Crippen molar-refractivity contribution in [3.8, 4) is 0 Å². The summed E-state index contributed by atoms with van der Waals surface area (Å²) in [6.45, 7) is 5.03. The van der Waals surface area contributed by atoms with Crippen LogP contribution in [0, 0.1) is 0 Å². The molecule has 0 spiro atoms. The molecule has 1 heterocycles. The topological polar surface area (TPSA) is 26.0 Å². The van der Waals surface area contributed by atoms with E-state index < -0.39 is 0 Å². The standard InChI is InChI=1S/C15H18ClNS2/c1-10(2)11-3-5-12(6-4-11)18-14(9-17)13-7-8-15(16)19-13/h3-8,10,14H,9,17H2,1-2H3. The van der Waals surface area contributed by atoms with Crippen LogP contribution in [0.25, 0.3) is 0 Å². The minimum Gasteiger partial charge on any atom is -0.329 e. The number of nitrogens with two attached hydrogens (primary N) is 1. The number of thiophene rings is 1. The van der Waals surface area contributed by atoms with E-state index in [0.717, 1.165) is 4.34 Å². The summed E-state index contributed by atoms with van der Waals surface area (Å²) in [4.78, 5) is 2.50. The molecular weight excluding hydrogens is 294 g/mol. The van der Waals surface area contributed by atoms with Gasteiger partial charge in [0.25, 0.3) is 0 Å². The van der Waals surface area contributed by atoms with Crippen molar-refractivity contribution >= 4 is 34.7 Å². The van der Waals surface area contributed by atoms with Crippen molar-refractivity contribution in [3.63, 3.8) is 0 Å². The van der Waals surface area contributed by atoms with Crippen LogP contribution < -0.4 is 5.73 Å². The Bertz CT molecular complexity index is 519. The molecule has 1 unspecified atom stereocenters. The van der Waals surface area contributed by atoms with Crippen molar-refractivity contribution in [1.29, 1.82) is 0 Å². The zero-order valence-corrected chi connectivity index (χ0v) is 13.5. The third-order valence-corrected chi connectivity index (χ3v) is 5.72. The highest BCUT2D eigenvalue weighted by molar-refractivity contribution is 7.99. The molecule has 0 amide bonds. The van der Waals surface area contributed by atoms with Gasteiger partial charge in [0, 0.05) is 16.3 Å². The zero-order valence-electron chi connectivity index (χ0n) is 11.1. The molecule has 1 nitrogen and oxygen atoms in total. The van der Waals surface area contributed by atoms with E-state index in [1.54, 1.807) is 23.1 Å². The first kappa shape index (κ1) is 14.9. The van der Waals surface area contributed by atoms with Crippen LogP contribution in [0.5, 0.6) is 0 Å². The fourth-order valence-electron chi connectivity index (χ4n) is 1.82. The second kappa shape index (κ2) is 6.80. The Balaban J connectivity index is 2.10. The minimum atomic E-state index is 0.280. The van der Waals surface area contributed by atoms with E-state index in [0.29, 0.717) is 12.5 Å². The van der Waals surface area contributed by atoms with Crippen LogP contribution in [0.1, 0.15) is 35.5 Å². The van der Waals surface area contributed by atoms with Crippen molar-refractivity contribution in [1.82, 2.24) is 0 Å². The third-order valence-electron chi connectivity index (χ3n) is 2.95. The summed E-state index contributed by atoms with van der Waals surface area (Å²) in [7, 11) is 0. The number of rotatable bonds is 5. The molecule has 0 fully saturated rings.